The van der Waals surface area contributed by atoms with Gasteiger partial charge in [0, 0.05) is 33.1 Å². The lowest BCUT2D eigenvalue weighted by atomic mass is 10.1. The molecule has 0 aromatic heterocycles. The Morgan fingerprint density at radius 3 is 2.36 bits per heavy atom. The van der Waals surface area contributed by atoms with E-state index in [4.69, 9.17) is 4.74 Å². The van der Waals surface area contributed by atoms with E-state index in [1.54, 1.807) is 11.8 Å². The Morgan fingerprint density at radius 2 is 1.73 bits per heavy atom. The zero-order valence-electron chi connectivity index (χ0n) is 13.6. The SMILES string of the molecule is CC(=O)N1CCN(C(=O)CCOc2cccc(C)c2C)CC1. The summed E-state index contributed by atoms with van der Waals surface area (Å²) < 4.78 is 5.73. The van der Waals surface area contributed by atoms with Crippen LogP contribution in [0.2, 0.25) is 0 Å². The maximum Gasteiger partial charge on any atom is 0.226 e. The molecule has 1 aliphatic rings. The Hall–Kier alpha value is -2.04. The number of carbonyl (C=O) groups excluding carboxylic acids is 2. The molecular weight excluding hydrogens is 280 g/mol. The van der Waals surface area contributed by atoms with Crippen molar-refractivity contribution in [3.05, 3.63) is 29.3 Å². The molecule has 22 heavy (non-hydrogen) atoms. The van der Waals surface area contributed by atoms with Crippen LogP contribution in [-0.2, 0) is 9.59 Å². The smallest absolute Gasteiger partial charge is 0.226 e. The van der Waals surface area contributed by atoms with Crippen molar-refractivity contribution in [1.29, 1.82) is 0 Å². The molecule has 0 saturated carbocycles. The molecule has 1 aromatic rings. The summed E-state index contributed by atoms with van der Waals surface area (Å²) in [4.78, 5) is 27.0. The third kappa shape index (κ3) is 4.00. The van der Waals surface area contributed by atoms with Crippen molar-refractivity contribution in [2.75, 3.05) is 32.8 Å². The van der Waals surface area contributed by atoms with Gasteiger partial charge in [0.15, 0.2) is 0 Å². The van der Waals surface area contributed by atoms with Crippen molar-refractivity contribution < 1.29 is 14.3 Å². The number of carbonyl (C=O) groups is 2. The van der Waals surface area contributed by atoms with E-state index < -0.39 is 0 Å². The zero-order valence-corrected chi connectivity index (χ0v) is 13.6. The summed E-state index contributed by atoms with van der Waals surface area (Å²) in [5, 5.41) is 0. The summed E-state index contributed by atoms with van der Waals surface area (Å²) in [6.45, 7) is 8.49. The molecule has 1 aliphatic heterocycles. The lowest BCUT2D eigenvalue weighted by Gasteiger charge is -2.34. The Balaban J connectivity index is 1.77. The van der Waals surface area contributed by atoms with Gasteiger partial charge in [-0.05, 0) is 31.0 Å². The molecule has 1 saturated heterocycles. The zero-order chi connectivity index (χ0) is 16.1. The van der Waals surface area contributed by atoms with E-state index in [-0.39, 0.29) is 11.8 Å². The van der Waals surface area contributed by atoms with Crippen LogP contribution in [0.25, 0.3) is 0 Å². The van der Waals surface area contributed by atoms with Crippen LogP contribution < -0.4 is 4.74 Å². The van der Waals surface area contributed by atoms with Gasteiger partial charge in [-0.3, -0.25) is 9.59 Å². The third-order valence-electron chi connectivity index (χ3n) is 4.21. The van der Waals surface area contributed by atoms with Gasteiger partial charge in [-0.15, -0.1) is 0 Å². The van der Waals surface area contributed by atoms with Crippen LogP contribution in [-0.4, -0.2) is 54.4 Å². The molecule has 0 unspecified atom stereocenters. The van der Waals surface area contributed by atoms with Gasteiger partial charge < -0.3 is 14.5 Å². The maximum atomic E-state index is 12.2. The van der Waals surface area contributed by atoms with Crippen LogP contribution in [0.3, 0.4) is 0 Å². The minimum absolute atomic E-state index is 0.0744. The predicted octanol–water partition coefficient (Wildman–Crippen LogP) is 1.76. The molecule has 0 bridgehead atoms. The Labute approximate surface area is 131 Å². The van der Waals surface area contributed by atoms with Crippen molar-refractivity contribution in [1.82, 2.24) is 9.80 Å². The molecule has 5 heteroatoms. The molecule has 5 nitrogen and oxygen atoms in total. The first-order valence-corrected chi connectivity index (χ1v) is 7.71. The van der Waals surface area contributed by atoms with Gasteiger partial charge in [0.25, 0.3) is 0 Å². The second kappa shape index (κ2) is 7.29. The lowest BCUT2D eigenvalue weighted by molar-refractivity contribution is -0.138. The van der Waals surface area contributed by atoms with Crippen LogP contribution in [0.5, 0.6) is 5.75 Å². The minimum atomic E-state index is 0.0744. The number of rotatable bonds is 4. The highest BCUT2D eigenvalue weighted by atomic mass is 16.5. The van der Waals surface area contributed by atoms with Crippen molar-refractivity contribution in [3.63, 3.8) is 0 Å². The fraction of sp³-hybridized carbons (Fsp3) is 0.529. The van der Waals surface area contributed by atoms with Gasteiger partial charge in [0.05, 0.1) is 13.0 Å². The first-order chi connectivity index (χ1) is 10.5. The van der Waals surface area contributed by atoms with Gasteiger partial charge in [0.1, 0.15) is 5.75 Å². The minimum Gasteiger partial charge on any atom is -0.493 e. The quantitative estimate of drug-likeness (QED) is 0.852. The standard InChI is InChI=1S/C17H24N2O3/c1-13-5-4-6-16(14(13)2)22-12-7-17(21)19-10-8-18(9-11-19)15(3)20/h4-6H,7-12H2,1-3H3. The molecule has 2 amide bonds. The van der Waals surface area contributed by atoms with Crippen LogP contribution in [0.4, 0.5) is 0 Å². The highest BCUT2D eigenvalue weighted by Crippen LogP contribution is 2.20. The van der Waals surface area contributed by atoms with Crippen molar-refractivity contribution >= 4 is 11.8 Å². The van der Waals surface area contributed by atoms with E-state index in [1.165, 1.54) is 5.56 Å². The number of amides is 2. The molecule has 120 valence electrons. The number of hydrogen-bond donors (Lipinski definition) is 0. The largest absolute Gasteiger partial charge is 0.493 e. The van der Waals surface area contributed by atoms with Crippen LogP contribution >= 0.6 is 0 Å². The number of aryl methyl sites for hydroxylation is 1. The average molecular weight is 304 g/mol. The van der Waals surface area contributed by atoms with Gasteiger partial charge in [-0.25, -0.2) is 0 Å². The van der Waals surface area contributed by atoms with E-state index in [0.29, 0.717) is 39.2 Å². The Kier molecular flexibility index (Phi) is 5.41. The molecular formula is C17H24N2O3. The molecule has 0 aliphatic carbocycles. The summed E-state index contributed by atoms with van der Waals surface area (Å²) in [5.74, 6) is 1.01. The number of piperazine rings is 1. The van der Waals surface area contributed by atoms with E-state index in [0.717, 1.165) is 11.3 Å². The monoisotopic (exact) mass is 304 g/mol. The molecule has 0 atom stereocenters. The van der Waals surface area contributed by atoms with Crippen LogP contribution in [0, 0.1) is 13.8 Å². The summed E-state index contributed by atoms with van der Waals surface area (Å²) in [5.41, 5.74) is 2.30. The molecule has 0 radical (unpaired) electrons. The highest BCUT2D eigenvalue weighted by molar-refractivity contribution is 5.77. The second-order valence-electron chi connectivity index (χ2n) is 5.68. The summed E-state index contributed by atoms with van der Waals surface area (Å²) >= 11 is 0. The lowest BCUT2D eigenvalue weighted by Crippen LogP contribution is -2.50. The Morgan fingerprint density at radius 1 is 1.09 bits per heavy atom. The topological polar surface area (TPSA) is 49.9 Å². The third-order valence-corrected chi connectivity index (χ3v) is 4.21. The molecule has 0 N–H and O–H groups in total. The molecule has 1 fully saturated rings. The fourth-order valence-corrected chi connectivity index (χ4v) is 2.56. The predicted molar refractivity (Wildman–Crippen MR) is 84.9 cm³/mol. The number of hydrogen-bond acceptors (Lipinski definition) is 3. The van der Waals surface area contributed by atoms with Crippen molar-refractivity contribution in [2.45, 2.75) is 27.2 Å². The highest BCUT2D eigenvalue weighted by Gasteiger charge is 2.22. The van der Waals surface area contributed by atoms with Gasteiger partial charge in [-0.1, -0.05) is 12.1 Å². The fourth-order valence-electron chi connectivity index (χ4n) is 2.56. The van der Waals surface area contributed by atoms with E-state index >= 15 is 0 Å². The molecule has 1 aromatic carbocycles. The number of ether oxygens (including phenoxy) is 1. The Bertz CT molecular complexity index is 549. The number of nitrogens with zero attached hydrogens (tertiary/aromatic N) is 2. The van der Waals surface area contributed by atoms with Crippen molar-refractivity contribution in [2.24, 2.45) is 0 Å². The molecule has 0 spiro atoms. The number of benzene rings is 1. The van der Waals surface area contributed by atoms with Crippen LogP contribution in [0.1, 0.15) is 24.5 Å². The van der Waals surface area contributed by atoms with Crippen molar-refractivity contribution in [3.8, 4) is 5.75 Å². The van der Waals surface area contributed by atoms with E-state index in [2.05, 4.69) is 0 Å². The summed E-state index contributed by atoms with van der Waals surface area (Å²) in [7, 11) is 0. The van der Waals surface area contributed by atoms with E-state index in [1.807, 2.05) is 36.9 Å². The second-order valence-corrected chi connectivity index (χ2v) is 5.68. The van der Waals surface area contributed by atoms with E-state index in [9.17, 15) is 9.59 Å². The normalized spacial score (nSPS) is 14.9. The summed E-state index contributed by atoms with van der Waals surface area (Å²) in [6.07, 6.45) is 0.369. The average Bonchev–Trinajstić information content (AvgIpc) is 2.51. The van der Waals surface area contributed by atoms with Gasteiger partial charge in [0.2, 0.25) is 11.8 Å². The first kappa shape index (κ1) is 16.3. The van der Waals surface area contributed by atoms with Crippen LogP contribution in [0.15, 0.2) is 18.2 Å². The maximum absolute atomic E-state index is 12.2. The first-order valence-electron chi connectivity index (χ1n) is 7.71. The molecule has 1 heterocycles. The van der Waals surface area contributed by atoms with Gasteiger partial charge >= 0.3 is 0 Å². The summed E-state index contributed by atoms with van der Waals surface area (Å²) in [6, 6.07) is 5.93. The van der Waals surface area contributed by atoms with Gasteiger partial charge in [-0.2, -0.15) is 0 Å². The molecule has 2 rings (SSSR count).